The van der Waals surface area contributed by atoms with E-state index in [1.807, 2.05) is 35.0 Å². The molecule has 4 heterocycles. The van der Waals surface area contributed by atoms with Crippen LogP contribution < -0.4 is 4.90 Å². The first-order valence-electron chi connectivity index (χ1n) is 9.92. The standard InChI is InChI=1S/C20H24ClN5OS/c21-17-5-3-16(4-6-17)18-14-26-19(22-18)28-20(23-26)25-7-1-2-15(13-25)12-24-8-10-27-11-9-24/h3-6,14-15H,1-2,7-13H2. The quantitative estimate of drug-likeness (QED) is 0.648. The highest BCUT2D eigenvalue weighted by Gasteiger charge is 2.25. The van der Waals surface area contributed by atoms with Crippen LogP contribution in [-0.2, 0) is 4.74 Å². The van der Waals surface area contributed by atoms with E-state index < -0.39 is 0 Å². The summed E-state index contributed by atoms with van der Waals surface area (Å²) in [4.78, 5) is 10.7. The van der Waals surface area contributed by atoms with Crippen LogP contribution in [0.5, 0.6) is 0 Å². The number of imidazole rings is 1. The van der Waals surface area contributed by atoms with Gasteiger partial charge in [-0.25, -0.2) is 9.50 Å². The highest BCUT2D eigenvalue weighted by atomic mass is 35.5. The molecule has 3 aromatic rings. The third-order valence-electron chi connectivity index (χ3n) is 5.58. The average molecular weight is 418 g/mol. The molecule has 0 spiro atoms. The van der Waals surface area contributed by atoms with Gasteiger partial charge in [0.1, 0.15) is 0 Å². The zero-order chi connectivity index (χ0) is 18.9. The molecular weight excluding hydrogens is 394 g/mol. The number of halogens is 1. The largest absolute Gasteiger partial charge is 0.379 e. The summed E-state index contributed by atoms with van der Waals surface area (Å²) in [6.45, 7) is 7.21. The SMILES string of the molecule is Clc1ccc(-c2cn3nc(N4CCCC(CN5CCOCC5)C4)sc3n2)cc1. The van der Waals surface area contributed by atoms with Crippen LogP contribution in [0, 0.1) is 5.92 Å². The number of anilines is 1. The van der Waals surface area contributed by atoms with Gasteiger partial charge >= 0.3 is 0 Å². The zero-order valence-electron chi connectivity index (χ0n) is 15.8. The van der Waals surface area contributed by atoms with Crippen LogP contribution in [0.2, 0.25) is 5.02 Å². The molecule has 5 rings (SSSR count). The minimum Gasteiger partial charge on any atom is -0.379 e. The van der Waals surface area contributed by atoms with Crippen LogP contribution in [-0.4, -0.2) is 65.4 Å². The van der Waals surface area contributed by atoms with Gasteiger partial charge in [0.05, 0.1) is 25.1 Å². The number of fused-ring (bicyclic) bond motifs is 1. The Labute approximate surface area is 173 Å². The molecule has 1 atom stereocenters. The lowest BCUT2D eigenvalue weighted by Crippen LogP contribution is -2.44. The van der Waals surface area contributed by atoms with Crippen molar-refractivity contribution in [3.05, 3.63) is 35.5 Å². The number of hydrogen-bond acceptors (Lipinski definition) is 6. The lowest BCUT2D eigenvalue weighted by atomic mass is 9.97. The lowest BCUT2D eigenvalue weighted by Gasteiger charge is -2.36. The second kappa shape index (κ2) is 7.99. The molecule has 0 N–H and O–H groups in total. The second-order valence-electron chi connectivity index (χ2n) is 7.61. The van der Waals surface area contributed by atoms with E-state index in [4.69, 9.17) is 26.4 Å². The minimum atomic E-state index is 0.702. The zero-order valence-corrected chi connectivity index (χ0v) is 17.3. The molecule has 2 aliphatic rings. The molecule has 1 unspecified atom stereocenters. The number of morpholine rings is 1. The third-order valence-corrected chi connectivity index (χ3v) is 6.82. The Balaban J connectivity index is 1.28. The maximum atomic E-state index is 5.99. The fourth-order valence-electron chi connectivity index (χ4n) is 4.11. The molecule has 2 aromatic heterocycles. The molecule has 1 aromatic carbocycles. The van der Waals surface area contributed by atoms with Crippen LogP contribution in [0.25, 0.3) is 16.2 Å². The molecule has 0 aliphatic carbocycles. The number of hydrogen-bond donors (Lipinski definition) is 0. The summed E-state index contributed by atoms with van der Waals surface area (Å²) in [5.41, 5.74) is 2.00. The number of rotatable bonds is 4. The Kier molecular flexibility index (Phi) is 5.24. The van der Waals surface area contributed by atoms with Crippen LogP contribution in [0.1, 0.15) is 12.8 Å². The van der Waals surface area contributed by atoms with Crippen molar-refractivity contribution < 1.29 is 4.74 Å². The van der Waals surface area contributed by atoms with Gasteiger partial charge in [0, 0.05) is 43.3 Å². The van der Waals surface area contributed by atoms with Gasteiger partial charge in [-0.05, 0) is 30.9 Å². The van der Waals surface area contributed by atoms with Gasteiger partial charge in [0.15, 0.2) is 0 Å². The van der Waals surface area contributed by atoms with Gasteiger partial charge in [0.2, 0.25) is 10.1 Å². The van der Waals surface area contributed by atoms with E-state index in [0.29, 0.717) is 5.92 Å². The van der Waals surface area contributed by atoms with Crippen molar-refractivity contribution in [2.45, 2.75) is 12.8 Å². The van der Waals surface area contributed by atoms with E-state index in [2.05, 4.69) is 9.80 Å². The molecule has 2 aliphatic heterocycles. The first-order valence-corrected chi connectivity index (χ1v) is 11.1. The van der Waals surface area contributed by atoms with Crippen LogP contribution in [0.3, 0.4) is 0 Å². The van der Waals surface area contributed by atoms with Crippen LogP contribution >= 0.6 is 22.9 Å². The average Bonchev–Trinajstić information content (AvgIpc) is 3.29. The highest BCUT2D eigenvalue weighted by molar-refractivity contribution is 7.20. The lowest BCUT2D eigenvalue weighted by molar-refractivity contribution is 0.0296. The number of nitrogens with zero attached hydrogens (tertiary/aromatic N) is 5. The van der Waals surface area contributed by atoms with Crippen molar-refractivity contribution in [1.29, 1.82) is 0 Å². The number of ether oxygens (including phenoxy) is 1. The van der Waals surface area contributed by atoms with E-state index in [1.165, 1.54) is 19.4 Å². The van der Waals surface area contributed by atoms with E-state index in [-0.39, 0.29) is 0 Å². The van der Waals surface area contributed by atoms with E-state index in [1.54, 1.807) is 11.3 Å². The smallest absolute Gasteiger partial charge is 0.214 e. The minimum absolute atomic E-state index is 0.702. The van der Waals surface area contributed by atoms with E-state index >= 15 is 0 Å². The van der Waals surface area contributed by atoms with Crippen LogP contribution in [0.4, 0.5) is 5.13 Å². The molecule has 2 saturated heterocycles. The topological polar surface area (TPSA) is 45.9 Å². The third kappa shape index (κ3) is 3.89. The summed E-state index contributed by atoms with van der Waals surface area (Å²) in [6, 6.07) is 7.78. The Morgan fingerprint density at radius 1 is 1.14 bits per heavy atom. The Morgan fingerprint density at radius 3 is 2.75 bits per heavy atom. The maximum absolute atomic E-state index is 5.99. The van der Waals surface area contributed by atoms with Crippen molar-refractivity contribution in [3.8, 4) is 11.3 Å². The van der Waals surface area contributed by atoms with Gasteiger partial charge in [-0.1, -0.05) is 35.1 Å². The van der Waals surface area contributed by atoms with Gasteiger partial charge in [-0.3, -0.25) is 4.90 Å². The normalized spacial score (nSPS) is 21.5. The molecule has 6 nitrogen and oxygen atoms in total. The van der Waals surface area contributed by atoms with Gasteiger partial charge in [0.25, 0.3) is 0 Å². The summed E-state index contributed by atoms with van der Waals surface area (Å²) < 4.78 is 7.39. The molecule has 28 heavy (non-hydrogen) atoms. The maximum Gasteiger partial charge on any atom is 0.214 e. The summed E-state index contributed by atoms with van der Waals surface area (Å²) >= 11 is 7.66. The van der Waals surface area contributed by atoms with Gasteiger partial charge in [-0.15, -0.1) is 5.10 Å². The fourth-order valence-corrected chi connectivity index (χ4v) is 5.16. The summed E-state index contributed by atoms with van der Waals surface area (Å²) in [5, 5.41) is 6.64. The summed E-state index contributed by atoms with van der Waals surface area (Å²) in [7, 11) is 0. The van der Waals surface area contributed by atoms with Crippen LogP contribution in [0.15, 0.2) is 30.5 Å². The van der Waals surface area contributed by atoms with Crippen molar-refractivity contribution in [1.82, 2.24) is 19.5 Å². The molecule has 0 saturated carbocycles. The second-order valence-corrected chi connectivity index (χ2v) is 8.98. The monoisotopic (exact) mass is 417 g/mol. The van der Waals surface area contributed by atoms with Crippen molar-refractivity contribution in [2.24, 2.45) is 5.92 Å². The number of piperidine rings is 1. The predicted molar refractivity (Wildman–Crippen MR) is 114 cm³/mol. The number of aromatic nitrogens is 3. The molecule has 8 heteroatoms. The molecule has 2 fully saturated rings. The van der Waals surface area contributed by atoms with Crippen molar-refractivity contribution in [3.63, 3.8) is 0 Å². The molecule has 0 amide bonds. The van der Waals surface area contributed by atoms with Gasteiger partial charge in [-0.2, -0.15) is 0 Å². The van der Waals surface area contributed by atoms with Gasteiger partial charge < -0.3 is 9.64 Å². The first-order chi connectivity index (χ1) is 13.7. The highest BCUT2D eigenvalue weighted by Crippen LogP contribution is 2.30. The first kappa shape index (κ1) is 18.4. The summed E-state index contributed by atoms with van der Waals surface area (Å²) in [5.74, 6) is 0.702. The Bertz CT molecular complexity index is 902. The molecule has 0 radical (unpaired) electrons. The molecular formula is C20H24ClN5OS. The fraction of sp³-hybridized carbons (Fsp3) is 0.500. The Hall–Kier alpha value is -1.67. The van der Waals surface area contributed by atoms with Crippen molar-refractivity contribution in [2.75, 3.05) is 50.8 Å². The van der Waals surface area contributed by atoms with E-state index in [0.717, 1.165) is 65.8 Å². The predicted octanol–water partition coefficient (Wildman–Crippen LogP) is 3.66. The van der Waals surface area contributed by atoms with E-state index in [9.17, 15) is 0 Å². The molecule has 0 bridgehead atoms. The summed E-state index contributed by atoms with van der Waals surface area (Å²) in [6.07, 6.45) is 4.54. The molecule has 148 valence electrons. The Morgan fingerprint density at radius 2 is 1.96 bits per heavy atom. The van der Waals surface area contributed by atoms with Crippen molar-refractivity contribution >= 4 is 33.0 Å². The number of benzene rings is 1.